The first-order valence-electron chi connectivity index (χ1n) is 6.08. The average Bonchev–Trinajstić information content (AvgIpc) is 2.78. The second kappa shape index (κ2) is 4.89. The molecule has 2 aromatic carbocycles. The molecule has 20 heavy (non-hydrogen) atoms. The van der Waals surface area contributed by atoms with Gasteiger partial charge in [0.15, 0.2) is 0 Å². The quantitative estimate of drug-likeness (QED) is 0.920. The molecule has 1 heterocycles. The Balaban J connectivity index is 1.95. The molecular formula is C16H11FO2S. The summed E-state index contributed by atoms with van der Waals surface area (Å²) in [6.45, 7) is 0. The van der Waals surface area contributed by atoms with E-state index in [4.69, 9.17) is 0 Å². The van der Waals surface area contributed by atoms with Gasteiger partial charge in [-0.1, -0.05) is 54.2 Å². The molecule has 100 valence electrons. The van der Waals surface area contributed by atoms with Gasteiger partial charge < -0.3 is 5.11 Å². The first-order chi connectivity index (χ1) is 9.59. The second-order valence-electron chi connectivity index (χ2n) is 4.49. The number of ketones is 1. The van der Waals surface area contributed by atoms with Crippen LogP contribution in [0, 0.1) is 5.82 Å². The van der Waals surface area contributed by atoms with Gasteiger partial charge in [-0.3, -0.25) is 4.79 Å². The van der Waals surface area contributed by atoms with E-state index in [9.17, 15) is 14.3 Å². The summed E-state index contributed by atoms with van der Waals surface area (Å²) in [5, 5.41) is 10.6. The summed E-state index contributed by atoms with van der Waals surface area (Å²) >= 11 is 1.08. The lowest BCUT2D eigenvalue weighted by atomic mass is 10.0. The highest BCUT2D eigenvalue weighted by Crippen LogP contribution is 2.49. The number of aliphatic hydroxyl groups is 1. The van der Waals surface area contributed by atoms with Crippen LogP contribution in [0.3, 0.4) is 0 Å². The molecule has 3 rings (SSSR count). The number of carbonyl (C=O) groups is 1. The molecule has 0 saturated heterocycles. The van der Waals surface area contributed by atoms with E-state index in [1.165, 1.54) is 30.3 Å². The lowest BCUT2D eigenvalue weighted by Gasteiger charge is -2.20. The van der Waals surface area contributed by atoms with Crippen molar-refractivity contribution >= 4 is 22.5 Å². The van der Waals surface area contributed by atoms with Gasteiger partial charge in [-0.05, 0) is 23.8 Å². The van der Waals surface area contributed by atoms with Gasteiger partial charge in [0.1, 0.15) is 5.82 Å². The van der Waals surface area contributed by atoms with Gasteiger partial charge in [0.05, 0.1) is 0 Å². The number of halogens is 1. The van der Waals surface area contributed by atoms with Crippen molar-refractivity contribution < 1.29 is 14.3 Å². The lowest BCUT2D eigenvalue weighted by molar-refractivity contribution is -0.124. The number of rotatable bonds is 2. The van der Waals surface area contributed by atoms with Crippen LogP contribution in [0.5, 0.6) is 0 Å². The van der Waals surface area contributed by atoms with Crippen LogP contribution in [0.25, 0.3) is 4.91 Å². The van der Waals surface area contributed by atoms with Gasteiger partial charge in [0.2, 0.25) is 10.7 Å². The maximum atomic E-state index is 13.0. The highest BCUT2D eigenvalue weighted by atomic mass is 32.2. The molecule has 1 unspecified atom stereocenters. The first kappa shape index (κ1) is 13.1. The Morgan fingerprint density at radius 1 is 1.00 bits per heavy atom. The van der Waals surface area contributed by atoms with Gasteiger partial charge >= 0.3 is 0 Å². The van der Waals surface area contributed by atoms with Crippen LogP contribution in [0.4, 0.5) is 4.39 Å². The molecule has 0 saturated carbocycles. The predicted molar refractivity (Wildman–Crippen MR) is 77.3 cm³/mol. The van der Waals surface area contributed by atoms with E-state index in [0.29, 0.717) is 10.5 Å². The third-order valence-electron chi connectivity index (χ3n) is 3.15. The maximum Gasteiger partial charge on any atom is 0.204 e. The number of thioether (sulfide) groups is 1. The molecule has 1 aliphatic heterocycles. The number of carbonyl (C=O) groups excluding carboxylic acids is 1. The van der Waals surface area contributed by atoms with E-state index in [2.05, 4.69) is 0 Å². The smallest absolute Gasteiger partial charge is 0.204 e. The highest BCUT2D eigenvalue weighted by Gasteiger charge is 2.43. The fraction of sp³-hybridized carbons (Fsp3) is 0.0625. The summed E-state index contributed by atoms with van der Waals surface area (Å²) in [7, 11) is 0. The first-order valence-corrected chi connectivity index (χ1v) is 6.90. The van der Waals surface area contributed by atoms with Crippen LogP contribution < -0.4 is 0 Å². The summed E-state index contributed by atoms with van der Waals surface area (Å²) in [5.41, 5.74) is 1.26. The Morgan fingerprint density at radius 3 is 2.30 bits per heavy atom. The minimum Gasteiger partial charge on any atom is -0.368 e. The Hall–Kier alpha value is -1.91. The zero-order valence-electron chi connectivity index (χ0n) is 10.4. The standard InChI is InChI=1S/C16H11FO2S/c17-13-8-6-12(7-9-13)16(19)15(18)10-14(20-16)11-4-2-1-3-5-11/h1-10,19H. The fourth-order valence-corrected chi connectivity index (χ4v) is 3.23. The van der Waals surface area contributed by atoms with Crippen molar-refractivity contribution in [1.82, 2.24) is 0 Å². The number of benzene rings is 2. The molecule has 1 N–H and O–H groups in total. The van der Waals surface area contributed by atoms with Gasteiger partial charge in [-0.25, -0.2) is 4.39 Å². The lowest BCUT2D eigenvalue weighted by Crippen LogP contribution is -2.27. The van der Waals surface area contributed by atoms with Crippen LogP contribution in [0.15, 0.2) is 60.7 Å². The summed E-state index contributed by atoms with van der Waals surface area (Å²) in [6.07, 6.45) is 1.43. The van der Waals surface area contributed by atoms with Gasteiger partial charge in [-0.2, -0.15) is 0 Å². The van der Waals surface area contributed by atoms with Crippen LogP contribution in [0.1, 0.15) is 11.1 Å². The van der Waals surface area contributed by atoms with E-state index in [1.807, 2.05) is 30.3 Å². The number of hydrogen-bond donors (Lipinski definition) is 1. The average molecular weight is 286 g/mol. The van der Waals surface area contributed by atoms with E-state index >= 15 is 0 Å². The topological polar surface area (TPSA) is 37.3 Å². The zero-order valence-corrected chi connectivity index (χ0v) is 11.2. The molecule has 0 fully saturated rings. The van der Waals surface area contributed by atoms with Crippen molar-refractivity contribution in [3.05, 3.63) is 77.6 Å². The second-order valence-corrected chi connectivity index (χ2v) is 5.73. The van der Waals surface area contributed by atoms with Crippen molar-refractivity contribution in [2.45, 2.75) is 4.93 Å². The monoisotopic (exact) mass is 286 g/mol. The number of hydrogen-bond acceptors (Lipinski definition) is 3. The molecule has 4 heteroatoms. The van der Waals surface area contributed by atoms with Crippen molar-refractivity contribution in [3.63, 3.8) is 0 Å². The van der Waals surface area contributed by atoms with Gasteiger partial charge in [0, 0.05) is 10.5 Å². The van der Waals surface area contributed by atoms with Crippen molar-refractivity contribution in [1.29, 1.82) is 0 Å². The fourth-order valence-electron chi connectivity index (χ4n) is 2.08. The van der Waals surface area contributed by atoms with Gasteiger partial charge in [0.25, 0.3) is 0 Å². The highest BCUT2D eigenvalue weighted by molar-refractivity contribution is 8.10. The van der Waals surface area contributed by atoms with Crippen LogP contribution in [0.2, 0.25) is 0 Å². The van der Waals surface area contributed by atoms with E-state index in [1.54, 1.807) is 0 Å². The molecule has 0 aliphatic carbocycles. The molecule has 1 aliphatic rings. The maximum absolute atomic E-state index is 13.0. The van der Waals surface area contributed by atoms with Crippen LogP contribution >= 0.6 is 11.8 Å². The summed E-state index contributed by atoms with van der Waals surface area (Å²) < 4.78 is 13.0. The van der Waals surface area contributed by atoms with Crippen LogP contribution in [-0.4, -0.2) is 10.9 Å². The van der Waals surface area contributed by atoms with E-state index in [-0.39, 0.29) is 0 Å². The van der Waals surface area contributed by atoms with E-state index in [0.717, 1.165) is 17.3 Å². The van der Waals surface area contributed by atoms with Crippen molar-refractivity contribution in [3.8, 4) is 0 Å². The Bertz CT molecular complexity index is 679. The molecule has 1 atom stereocenters. The molecule has 0 aromatic heterocycles. The molecular weight excluding hydrogens is 275 g/mol. The predicted octanol–water partition coefficient (Wildman–Crippen LogP) is 3.33. The minimum atomic E-state index is -1.67. The zero-order chi connectivity index (χ0) is 14.2. The Kier molecular flexibility index (Phi) is 3.20. The third-order valence-corrected chi connectivity index (χ3v) is 4.45. The van der Waals surface area contributed by atoms with Crippen LogP contribution in [-0.2, 0) is 9.73 Å². The molecule has 2 nitrogen and oxygen atoms in total. The van der Waals surface area contributed by atoms with E-state index < -0.39 is 16.5 Å². The Morgan fingerprint density at radius 2 is 1.65 bits per heavy atom. The Labute approximate surface area is 119 Å². The SMILES string of the molecule is O=C1C=C(c2ccccc2)SC1(O)c1ccc(F)cc1. The largest absolute Gasteiger partial charge is 0.368 e. The van der Waals surface area contributed by atoms with Crippen molar-refractivity contribution in [2.24, 2.45) is 0 Å². The molecule has 0 bridgehead atoms. The molecule has 0 radical (unpaired) electrons. The normalized spacial score (nSPS) is 21.9. The summed E-state index contributed by atoms with van der Waals surface area (Å²) in [6, 6.07) is 14.7. The molecule has 0 spiro atoms. The van der Waals surface area contributed by atoms with Crippen molar-refractivity contribution in [2.75, 3.05) is 0 Å². The van der Waals surface area contributed by atoms with Gasteiger partial charge in [-0.15, -0.1) is 0 Å². The third kappa shape index (κ3) is 2.17. The molecule has 0 amide bonds. The molecule has 2 aromatic rings. The summed E-state index contributed by atoms with van der Waals surface area (Å²) in [4.78, 5) is 11.2. The summed E-state index contributed by atoms with van der Waals surface area (Å²) in [5.74, 6) is -0.794. The minimum absolute atomic E-state index is 0.385.